The maximum Gasteiger partial charge on any atom is 0.133 e. The van der Waals surface area contributed by atoms with Crippen LogP contribution in [0, 0.1) is 0 Å². The first kappa shape index (κ1) is 24.2. The van der Waals surface area contributed by atoms with Gasteiger partial charge < -0.3 is 9.84 Å². The van der Waals surface area contributed by atoms with Crippen molar-refractivity contribution >= 4 is 5.78 Å². The first-order valence-corrected chi connectivity index (χ1v) is 10.9. The number of para-hydroxylation sites is 1. The highest BCUT2D eigenvalue weighted by atomic mass is 16.5. The second-order valence-corrected chi connectivity index (χ2v) is 7.31. The zero-order valence-corrected chi connectivity index (χ0v) is 17.5. The van der Waals surface area contributed by atoms with Crippen molar-refractivity contribution in [2.24, 2.45) is 0 Å². The third kappa shape index (κ3) is 14.2. The van der Waals surface area contributed by atoms with E-state index in [4.69, 9.17) is 4.74 Å². The van der Waals surface area contributed by atoms with Gasteiger partial charge >= 0.3 is 0 Å². The van der Waals surface area contributed by atoms with Gasteiger partial charge in [0, 0.05) is 12.8 Å². The Kier molecular flexibility index (Phi) is 14.9. The smallest absolute Gasteiger partial charge is 0.133 e. The van der Waals surface area contributed by atoms with Crippen molar-refractivity contribution in [3.05, 3.63) is 54.6 Å². The molecule has 0 bridgehead atoms. The molecule has 0 fully saturated rings. The minimum Gasteiger partial charge on any atom is -0.491 e. The predicted molar refractivity (Wildman–Crippen MR) is 118 cm³/mol. The topological polar surface area (TPSA) is 46.5 Å². The molecule has 0 spiro atoms. The van der Waals surface area contributed by atoms with Crippen LogP contribution in [-0.4, -0.2) is 23.6 Å². The standard InChI is InChI=1S/C25H38O3/c1-2-3-4-5-6-7-8-9-10-11-12-14-17-23(26)20-21-24(27)22-28-25-18-15-13-16-19-25/h7-10,13,15-16,18-19,24,27H,2-6,11-12,14,17,20-22H2,1H3/b8-7+,10-9+. The van der Waals surface area contributed by atoms with Gasteiger partial charge in [-0.3, -0.25) is 4.79 Å². The molecule has 1 N–H and O–H groups in total. The molecule has 1 aromatic carbocycles. The summed E-state index contributed by atoms with van der Waals surface area (Å²) >= 11 is 0. The molecule has 0 aliphatic carbocycles. The van der Waals surface area contributed by atoms with Gasteiger partial charge in [-0.25, -0.2) is 0 Å². The highest BCUT2D eigenvalue weighted by molar-refractivity contribution is 5.78. The summed E-state index contributed by atoms with van der Waals surface area (Å²) in [6.07, 6.45) is 18.9. The fourth-order valence-electron chi connectivity index (χ4n) is 2.87. The van der Waals surface area contributed by atoms with Crippen LogP contribution in [0.3, 0.4) is 0 Å². The molecule has 28 heavy (non-hydrogen) atoms. The van der Waals surface area contributed by atoms with E-state index >= 15 is 0 Å². The molecular weight excluding hydrogens is 348 g/mol. The monoisotopic (exact) mass is 386 g/mol. The molecule has 156 valence electrons. The fourth-order valence-corrected chi connectivity index (χ4v) is 2.87. The molecule has 0 saturated heterocycles. The number of hydrogen-bond acceptors (Lipinski definition) is 3. The van der Waals surface area contributed by atoms with Gasteiger partial charge in [0.25, 0.3) is 0 Å². The number of allylic oxidation sites excluding steroid dienone is 4. The van der Waals surface area contributed by atoms with Crippen molar-refractivity contribution in [3.63, 3.8) is 0 Å². The third-order valence-electron chi connectivity index (χ3n) is 4.63. The lowest BCUT2D eigenvalue weighted by molar-refractivity contribution is -0.119. The average molecular weight is 387 g/mol. The molecule has 0 heterocycles. The van der Waals surface area contributed by atoms with Crippen LogP contribution in [0.15, 0.2) is 54.6 Å². The number of hydrogen-bond donors (Lipinski definition) is 1. The van der Waals surface area contributed by atoms with Gasteiger partial charge in [0.1, 0.15) is 18.1 Å². The molecule has 0 aliphatic rings. The van der Waals surface area contributed by atoms with Crippen molar-refractivity contribution in [2.75, 3.05) is 6.61 Å². The summed E-state index contributed by atoms with van der Waals surface area (Å²) in [5, 5.41) is 9.94. The minimum absolute atomic E-state index is 0.230. The number of unbranched alkanes of at least 4 members (excludes halogenated alkanes) is 6. The summed E-state index contributed by atoms with van der Waals surface area (Å²) in [4.78, 5) is 11.9. The summed E-state index contributed by atoms with van der Waals surface area (Å²) in [6.45, 7) is 2.46. The molecular formula is C25H38O3. The molecule has 1 atom stereocenters. The zero-order valence-electron chi connectivity index (χ0n) is 17.5. The Hall–Kier alpha value is -1.87. The van der Waals surface area contributed by atoms with Crippen LogP contribution < -0.4 is 4.74 Å². The third-order valence-corrected chi connectivity index (χ3v) is 4.63. The zero-order chi connectivity index (χ0) is 20.3. The maximum absolute atomic E-state index is 11.9. The molecule has 0 saturated carbocycles. The molecule has 0 radical (unpaired) electrons. The van der Waals surface area contributed by atoms with Crippen molar-refractivity contribution in [1.82, 2.24) is 0 Å². The van der Waals surface area contributed by atoms with Crippen molar-refractivity contribution in [2.45, 2.75) is 83.7 Å². The van der Waals surface area contributed by atoms with Gasteiger partial charge in [0.05, 0.1) is 6.10 Å². The predicted octanol–water partition coefficient (Wildman–Crippen LogP) is 6.42. The SMILES string of the molecule is CCCCCC/C=C/C=C/CCCCC(=O)CCC(O)COc1ccccc1. The number of aliphatic hydroxyl groups is 1. The largest absolute Gasteiger partial charge is 0.491 e. The molecule has 1 rings (SSSR count). The molecule has 3 nitrogen and oxygen atoms in total. The number of ketones is 1. The first-order valence-electron chi connectivity index (χ1n) is 10.9. The van der Waals surface area contributed by atoms with Gasteiger partial charge in [-0.2, -0.15) is 0 Å². The van der Waals surface area contributed by atoms with E-state index in [9.17, 15) is 9.90 Å². The summed E-state index contributed by atoms with van der Waals surface area (Å²) in [6, 6.07) is 9.42. The van der Waals surface area contributed by atoms with E-state index in [1.54, 1.807) is 0 Å². The van der Waals surface area contributed by atoms with E-state index < -0.39 is 6.10 Å². The van der Waals surface area contributed by atoms with E-state index in [2.05, 4.69) is 31.2 Å². The van der Waals surface area contributed by atoms with Crippen LogP contribution in [0.25, 0.3) is 0 Å². The molecule has 3 heteroatoms. The minimum atomic E-state index is -0.596. The number of carbonyl (C=O) groups excluding carboxylic acids is 1. The Balaban J connectivity index is 1.96. The van der Waals surface area contributed by atoms with E-state index in [0.29, 0.717) is 19.3 Å². The van der Waals surface area contributed by atoms with Gasteiger partial charge in [0.15, 0.2) is 0 Å². The highest BCUT2D eigenvalue weighted by Gasteiger charge is 2.09. The van der Waals surface area contributed by atoms with E-state index in [-0.39, 0.29) is 12.4 Å². The van der Waals surface area contributed by atoms with Crippen LogP contribution >= 0.6 is 0 Å². The number of aliphatic hydroxyl groups excluding tert-OH is 1. The normalized spacial score (nSPS) is 12.6. The Bertz CT molecular complexity index is 548. The highest BCUT2D eigenvalue weighted by Crippen LogP contribution is 2.11. The lowest BCUT2D eigenvalue weighted by atomic mass is 10.1. The Morgan fingerprint density at radius 2 is 1.64 bits per heavy atom. The van der Waals surface area contributed by atoms with Gasteiger partial charge in [0.2, 0.25) is 0 Å². The molecule has 0 aromatic heterocycles. The lowest BCUT2D eigenvalue weighted by Crippen LogP contribution is -2.18. The number of Topliss-reactive ketones (excluding diaryl/α,β-unsaturated/α-hetero) is 1. The van der Waals surface area contributed by atoms with Gasteiger partial charge in [-0.1, -0.05) is 68.7 Å². The van der Waals surface area contributed by atoms with Crippen molar-refractivity contribution in [1.29, 1.82) is 0 Å². The number of benzene rings is 1. The van der Waals surface area contributed by atoms with Crippen molar-refractivity contribution < 1.29 is 14.6 Å². The second-order valence-electron chi connectivity index (χ2n) is 7.31. The van der Waals surface area contributed by atoms with Crippen LogP contribution in [0.2, 0.25) is 0 Å². The number of carbonyl (C=O) groups is 1. The van der Waals surface area contributed by atoms with Gasteiger partial charge in [-0.15, -0.1) is 0 Å². The summed E-state index contributed by atoms with van der Waals surface area (Å²) in [5.74, 6) is 0.974. The Labute approximate surface area is 171 Å². The van der Waals surface area contributed by atoms with Crippen molar-refractivity contribution in [3.8, 4) is 5.75 Å². The van der Waals surface area contributed by atoms with Crippen LogP contribution in [-0.2, 0) is 4.79 Å². The molecule has 0 aliphatic heterocycles. The average Bonchev–Trinajstić information content (AvgIpc) is 2.72. The van der Waals surface area contributed by atoms with Crippen LogP contribution in [0.5, 0.6) is 5.75 Å². The number of ether oxygens (including phenoxy) is 1. The summed E-state index contributed by atoms with van der Waals surface area (Å²) < 4.78 is 5.50. The lowest BCUT2D eigenvalue weighted by Gasteiger charge is -2.11. The van der Waals surface area contributed by atoms with Crippen LogP contribution in [0.1, 0.15) is 77.6 Å². The first-order chi connectivity index (χ1) is 13.7. The van der Waals surface area contributed by atoms with E-state index in [0.717, 1.165) is 25.0 Å². The Morgan fingerprint density at radius 3 is 2.32 bits per heavy atom. The van der Waals surface area contributed by atoms with Crippen LogP contribution in [0.4, 0.5) is 0 Å². The quantitative estimate of drug-likeness (QED) is 0.248. The van der Waals surface area contributed by atoms with E-state index in [1.165, 1.54) is 32.1 Å². The molecule has 1 aromatic rings. The second kappa shape index (κ2) is 17.2. The fraction of sp³-hybridized carbons (Fsp3) is 0.560. The van der Waals surface area contributed by atoms with E-state index in [1.807, 2.05) is 30.3 Å². The maximum atomic E-state index is 11.9. The number of rotatable bonds is 17. The summed E-state index contributed by atoms with van der Waals surface area (Å²) in [7, 11) is 0. The Morgan fingerprint density at radius 1 is 0.964 bits per heavy atom. The van der Waals surface area contributed by atoms with Gasteiger partial charge in [-0.05, 0) is 50.7 Å². The summed E-state index contributed by atoms with van der Waals surface area (Å²) in [5.41, 5.74) is 0. The molecule has 0 amide bonds. The molecule has 1 unspecified atom stereocenters.